The third kappa shape index (κ3) is 8.01. The SMILES string of the molecule is CC.NSN1CCN(c2ccc(C#Cc3ccnc(C(=O)NCc4ccc(Cl)cc4)c3)cc2)CC1. The molecule has 35 heavy (non-hydrogen) atoms. The molecule has 6 nitrogen and oxygen atoms in total. The zero-order chi connectivity index (χ0) is 25.0. The van der Waals surface area contributed by atoms with Gasteiger partial charge in [-0.05, 0) is 54.1 Å². The van der Waals surface area contributed by atoms with E-state index in [1.165, 1.54) is 17.8 Å². The average Bonchev–Trinajstić information content (AvgIpc) is 2.93. The number of anilines is 1. The van der Waals surface area contributed by atoms with Gasteiger partial charge in [-0.1, -0.05) is 49.4 Å². The van der Waals surface area contributed by atoms with Crippen LogP contribution in [0.3, 0.4) is 0 Å². The highest BCUT2D eigenvalue weighted by Crippen LogP contribution is 2.18. The summed E-state index contributed by atoms with van der Waals surface area (Å²) in [6.45, 7) is 8.20. The van der Waals surface area contributed by atoms with Crippen molar-refractivity contribution in [1.82, 2.24) is 14.6 Å². The predicted molar refractivity (Wildman–Crippen MR) is 146 cm³/mol. The molecule has 0 unspecified atom stereocenters. The maximum Gasteiger partial charge on any atom is 0.270 e. The highest BCUT2D eigenvalue weighted by atomic mass is 35.5. The average molecular weight is 508 g/mol. The van der Waals surface area contributed by atoms with Crippen LogP contribution in [0, 0.1) is 11.8 Å². The Kier molecular flexibility index (Phi) is 10.5. The molecule has 2 aromatic carbocycles. The van der Waals surface area contributed by atoms with Crippen LogP contribution in [-0.2, 0) is 6.54 Å². The maximum atomic E-state index is 12.5. The molecule has 8 heteroatoms. The first-order valence-electron chi connectivity index (χ1n) is 11.6. The monoisotopic (exact) mass is 507 g/mol. The quantitative estimate of drug-likeness (QED) is 0.384. The van der Waals surface area contributed by atoms with Crippen LogP contribution in [0.25, 0.3) is 0 Å². The van der Waals surface area contributed by atoms with Gasteiger partial charge in [-0.15, -0.1) is 0 Å². The number of halogens is 1. The number of aromatic nitrogens is 1. The first-order chi connectivity index (χ1) is 17.1. The molecule has 0 saturated carbocycles. The van der Waals surface area contributed by atoms with Crippen molar-refractivity contribution in [1.29, 1.82) is 0 Å². The van der Waals surface area contributed by atoms with E-state index in [-0.39, 0.29) is 5.91 Å². The van der Waals surface area contributed by atoms with E-state index in [9.17, 15) is 4.79 Å². The van der Waals surface area contributed by atoms with E-state index in [2.05, 4.69) is 43.5 Å². The molecule has 0 radical (unpaired) electrons. The smallest absolute Gasteiger partial charge is 0.270 e. The summed E-state index contributed by atoms with van der Waals surface area (Å²) in [6, 6.07) is 19.1. The summed E-state index contributed by atoms with van der Waals surface area (Å²) in [5.74, 6) is 6.05. The maximum absolute atomic E-state index is 12.5. The van der Waals surface area contributed by atoms with Gasteiger partial charge in [0.2, 0.25) is 0 Å². The number of carbonyl (C=O) groups excluding carboxylic acids is 1. The van der Waals surface area contributed by atoms with Gasteiger partial charge in [0, 0.05) is 72.9 Å². The fourth-order valence-electron chi connectivity index (χ4n) is 3.46. The van der Waals surface area contributed by atoms with Gasteiger partial charge in [0.15, 0.2) is 0 Å². The number of pyridine rings is 1. The zero-order valence-corrected chi connectivity index (χ0v) is 21.6. The van der Waals surface area contributed by atoms with Gasteiger partial charge in [-0.25, -0.2) is 4.31 Å². The third-order valence-electron chi connectivity index (χ3n) is 5.33. The Balaban J connectivity index is 0.00000167. The highest BCUT2D eigenvalue weighted by molar-refractivity contribution is 7.94. The van der Waals surface area contributed by atoms with Crippen LogP contribution < -0.4 is 15.4 Å². The molecule has 1 aliphatic rings. The molecule has 3 aromatic rings. The normalized spacial score (nSPS) is 13.2. The van der Waals surface area contributed by atoms with E-state index >= 15 is 0 Å². The number of piperazine rings is 1. The topological polar surface area (TPSA) is 74.5 Å². The largest absolute Gasteiger partial charge is 0.369 e. The molecule has 1 aliphatic heterocycles. The minimum absolute atomic E-state index is 0.244. The summed E-state index contributed by atoms with van der Waals surface area (Å²) in [4.78, 5) is 19.0. The molecule has 0 aliphatic carbocycles. The molecule has 0 bridgehead atoms. The summed E-state index contributed by atoms with van der Waals surface area (Å²) in [5, 5.41) is 9.17. The van der Waals surface area contributed by atoms with Crippen molar-refractivity contribution in [2.24, 2.45) is 5.14 Å². The second-order valence-electron chi connectivity index (χ2n) is 7.56. The minimum atomic E-state index is -0.244. The fraction of sp³-hybridized carbons (Fsp3) is 0.259. The molecular weight excluding hydrogens is 478 g/mol. The summed E-state index contributed by atoms with van der Waals surface area (Å²) >= 11 is 7.21. The Bertz CT molecular complexity index is 1150. The number of hydrogen-bond acceptors (Lipinski definition) is 6. The van der Waals surface area contributed by atoms with Crippen LogP contribution in [0.2, 0.25) is 5.02 Å². The molecule has 1 saturated heterocycles. The number of rotatable bonds is 5. The molecule has 182 valence electrons. The van der Waals surface area contributed by atoms with Crippen molar-refractivity contribution in [3.8, 4) is 11.8 Å². The van der Waals surface area contributed by atoms with Gasteiger partial charge in [0.25, 0.3) is 5.91 Å². The van der Waals surface area contributed by atoms with E-state index in [1.54, 1.807) is 30.5 Å². The lowest BCUT2D eigenvalue weighted by atomic mass is 10.1. The standard InChI is InChI=1S/C25H24ClN5OS.C2H6/c26-22-7-3-21(4-8-22)18-29-25(32)24-17-20(11-12-28-24)2-1-19-5-9-23(10-6-19)30-13-15-31(33-27)16-14-30;1-2/h3-12,17H,13-16,18,27H2,(H,29,32);1-2H3. The van der Waals surface area contributed by atoms with Crippen LogP contribution in [0.15, 0.2) is 66.9 Å². The zero-order valence-electron chi connectivity index (χ0n) is 20.0. The number of nitrogens with zero attached hydrogens (tertiary/aromatic N) is 3. The van der Waals surface area contributed by atoms with Crippen molar-refractivity contribution in [2.75, 3.05) is 31.1 Å². The van der Waals surface area contributed by atoms with Crippen molar-refractivity contribution >= 4 is 35.3 Å². The molecule has 3 N–H and O–H groups in total. The second-order valence-corrected chi connectivity index (χ2v) is 8.72. The van der Waals surface area contributed by atoms with Crippen molar-refractivity contribution in [3.05, 3.63) is 94.3 Å². The fourth-order valence-corrected chi connectivity index (χ4v) is 3.96. The number of nitrogens with one attached hydrogen (secondary N) is 1. The highest BCUT2D eigenvalue weighted by Gasteiger charge is 2.16. The Labute approximate surface area is 217 Å². The summed E-state index contributed by atoms with van der Waals surface area (Å²) in [6.07, 6.45) is 1.60. The van der Waals surface area contributed by atoms with Crippen LogP contribution in [0.1, 0.15) is 41.0 Å². The van der Waals surface area contributed by atoms with E-state index in [0.29, 0.717) is 17.3 Å². The van der Waals surface area contributed by atoms with Gasteiger partial charge >= 0.3 is 0 Å². The molecule has 4 rings (SSSR count). The van der Waals surface area contributed by atoms with E-state index in [4.69, 9.17) is 16.7 Å². The van der Waals surface area contributed by atoms with Crippen molar-refractivity contribution in [2.45, 2.75) is 20.4 Å². The summed E-state index contributed by atoms with van der Waals surface area (Å²) in [7, 11) is 0. The Morgan fingerprint density at radius 1 is 1.00 bits per heavy atom. The summed E-state index contributed by atoms with van der Waals surface area (Å²) in [5.41, 5.74) is 4.14. The number of carbonyl (C=O) groups is 1. The Hall–Kier alpha value is -3.02. The molecular formula is C27H30ClN5OS. The predicted octanol–water partition coefficient (Wildman–Crippen LogP) is 4.73. The van der Waals surface area contributed by atoms with E-state index in [1.807, 2.05) is 38.1 Å². The molecule has 1 fully saturated rings. The van der Waals surface area contributed by atoms with Crippen LogP contribution in [0.5, 0.6) is 0 Å². The van der Waals surface area contributed by atoms with E-state index in [0.717, 1.165) is 42.9 Å². The number of nitrogens with two attached hydrogens (primary N) is 1. The van der Waals surface area contributed by atoms with E-state index < -0.39 is 0 Å². The van der Waals surface area contributed by atoms with Crippen molar-refractivity contribution < 1.29 is 4.79 Å². The lowest BCUT2D eigenvalue weighted by Crippen LogP contribution is -2.44. The van der Waals surface area contributed by atoms with Crippen LogP contribution >= 0.6 is 23.7 Å². The van der Waals surface area contributed by atoms with Gasteiger partial charge in [-0.2, -0.15) is 0 Å². The lowest BCUT2D eigenvalue weighted by molar-refractivity contribution is 0.0946. The number of benzene rings is 2. The Morgan fingerprint density at radius 2 is 1.66 bits per heavy atom. The molecule has 0 atom stereocenters. The van der Waals surface area contributed by atoms with Crippen LogP contribution in [-0.4, -0.2) is 41.4 Å². The van der Waals surface area contributed by atoms with Gasteiger partial charge in [0.05, 0.1) is 0 Å². The second kappa shape index (κ2) is 13.8. The molecule has 1 aromatic heterocycles. The lowest BCUT2D eigenvalue weighted by Gasteiger charge is -2.34. The van der Waals surface area contributed by atoms with Gasteiger partial charge in [-0.3, -0.25) is 14.9 Å². The Morgan fingerprint density at radius 3 is 2.31 bits per heavy atom. The van der Waals surface area contributed by atoms with Crippen molar-refractivity contribution in [3.63, 3.8) is 0 Å². The van der Waals surface area contributed by atoms with Gasteiger partial charge < -0.3 is 10.2 Å². The minimum Gasteiger partial charge on any atom is -0.369 e. The van der Waals surface area contributed by atoms with Gasteiger partial charge in [0.1, 0.15) is 5.69 Å². The first-order valence-corrected chi connectivity index (χ1v) is 12.8. The molecule has 1 amide bonds. The number of amides is 1. The number of hydrogen-bond donors (Lipinski definition) is 2. The van der Waals surface area contributed by atoms with Crippen LogP contribution in [0.4, 0.5) is 5.69 Å². The molecule has 0 spiro atoms. The summed E-state index contributed by atoms with van der Waals surface area (Å²) < 4.78 is 2.16. The third-order valence-corrected chi connectivity index (χ3v) is 6.25. The first kappa shape index (κ1) is 26.6. The molecule has 2 heterocycles.